The quantitative estimate of drug-likeness (QED) is 0.258. The zero-order valence-corrected chi connectivity index (χ0v) is 24.4. The number of benzene rings is 1. The number of aliphatic hydroxyl groups is 1. The summed E-state index contributed by atoms with van der Waals surface area (Å²) < 4.78 is 22.1. The molecular formula is C30H52N2O6. The van der Waals surface area contributed by atoms with Crippen molar-refractivity contribution in [2.75, 3.05) is 40.6 Å². The summed E-state index contributed by atoms with van der Waals surface area (Å²) >= 11 is 0. The topological polar surface area (TPSA) is 112 Å². The SMILES string of the molecule is COCCCOc1cc(CC(CC(N)C(O)CC(C(=O)N[C@H]2CCCOC2)C(C)C)C(C)C)ccc1OC. The minimum atomic E-state index is -0.757. The van der Waals surface area contributed by atoms with Crippen LogP contribution in [0.2, 0.25) is 0 Å². The van der Waals surface area contributed by atoms with E-state index in [1.54, 1.807) is 14.2 Å². The first-order valence-corrected chi connectivity index (χ1v) is 14.3. The molecule has 0 bridgehead atoms. The molecule has 2 rings (SSSR count). The number of hydrogen-bond donors (Lipinski definition) is 3. The Morgan fingerprint density at radius 3 is 2.50 bits per heavy atom. The molecule has 1 heterocycles. The van der Waals surface area contributed by atoms with E-state index in [9.17, 15) is 9.90 Å². The van der Waals surface area contributed by atoms with E-state index in [-0.39, 0.29) is 29.7 Å². The van der Waals surface area contributed by atoms with Crippen molar-refractivity contribution in [3.8, 4) is 11.5 Å². The fourth-order valence-electron chi connectivity index (χ4n) is 5.03. The van der Waals surface area contributed by atoms with E-state index in [1.807, 2.05) is 26.0 Å². The molecule has 1 aromatic rings. The monoisotopic (exact) mass is 536 g/mol. The maximum absolute atomic E-state index is 13.0. The van der Waals surface area contributed by atoms with Gasteiger partial charge in [-0.3, -0.25) is 4.79 Å². The largest absolute Gasteiger partial charge is 0.493 e. The molecule has 38 heavy (non-hydrogen) atoms. The van der Waals surface area contributed by atoms with Gasteiger partial charge in [0.15, 0.2) is 11.5 Å². The van der Waals surface area contributed by atoms with Gasteiger partial charge < -0.3 is 35.1 Å². The van der Waals surface area contributed by atoms with Gasteiger partial charge >= 0.3 is 0 Å². The highest BCUT2D eigenvalue weighted by Gasteiger charge is 2.31. The Kier molecular flexibility index (Phi) is 14.4. The highest BCUT2D eigenvalue weighted by Crippen LogP contribution is 2.32. The number of rotatable bonds is 17. The van der Waals surface area contributed by atoms with Crippen molar-refractivity contribution in [1.29, 1.82) is 0 Å². The molecule has 1 aliphatic heterocycles. The van der Waals surface area contributed by atoms with Gasteiger partial charge in [0.1, 0.15) is 0 Å². The second-order valence-electron chi connectivity index (χ2n) is 11.4. The maximum atomic E-state index is 13.0. The first kappa shape index (κ1) is 32.3. The van der Waals surface area contributed by atoms with Gasteiger partial charge in [0.25, 0.3) is 0 Å². The maximum Gasteiger partial charge on any atom is 0.223 e. The van der Waals surface area contributed by atoms with Gasteiger partial charge in [-0.25, -0.2) is 0 Å². The summed E-state index contributed by atoms with van der Waals surface area (Å²) in [5.41, 5.74) is 7.69. The number of nitrogens with two attached hydrogens (primary N) is 1. The van der Waals surface area contributed by atoms with Crippen LogP contribution in [0.4, 0.5) is 0 Å². The molecule has 0 aromatic heterocycles. The Bertz CT molecular complexity index is 812. The highest BCUT2D eigenvalue weighted by atomic mass is 16.5. The number of ether oxygens (including phenoxy) is 4. The minimum absolute atomic E-state index is 0.0154. The number of amides is 1. The predicted molar refractivity (Wildman–Crippen MR) is 151 cm³/mol. The third kappa shape index (κ3) is 10.7. The van der Waals surface area contributed by atoms with Crippen molar-refractivity contribution in [3.05, 3.63) is 23.8 Å². The summed E-state index contributed by atoms with van der Waals surface area (Å²) in [5, 5.41) is 14.2. The molecule has 8 nitrogen and oxygen atoms in total. The molecule has 0 saturated carbocycles. The van der Waals surface area contributed by atoms with Crippen molar-refractivity contribution < 1.29 is 28.8 Å². The summed E-state index contributed by atoms with van der Waals surface area (Å²) in [7, 11) is 3.32. The number of carbonyl (C=O) groups is 1. The Morgan fingerprint density at radius 2 is 1.89 bits per heavy atom. The van der Waals surface area contributed by atoms with Gasteiger partial charge in [-0.15, -0.1) is 0 Å². The second-order valence-corrected chi connectivity index (χ2v) is 11.4. The highest BCUT2D eigenvalue weighted by molar-refractivity contribution is 5.79. The van der Waals surface area contributed by atoms with Crippen LogP contribution in [-0.4, -0.2) is 69.8 Å². The van der Waals surface area contributed by atoms with Crippen LogP contribution < -0.4 is 20.5 Å². The van der Waals surface area contributed by atoms with Gasteiger partial charge in [-0.05, 0) is 67.6 Å². The van der Waals surface area contributed by atoms with Crippen LogP contribution in [0.3, 0.4) is 0 Å². The lowest BCUT2D eigenvalue weighted by Gasteiger charge is -2.31. The molecule has 4 N–H and O–H groups in total. The molecule has 8 heteroatoms. The molecule has 4 unspecified atom stereocenters. The Hall–Kier alpha value is -1.87. The zero-order chi connectivity index (χ0) is 28.1. The molecular weight excluding hydrogens is 484 g/mol. The van der Waals surface area contributed by atoms with Gasteiger partial charge in [0.2, 0.25) is 5.91 Å². The molecule has 5 atom stereocenters. The van der Waals surface area contributed by atoms with Crippen LogP contribution in [0.15, 0.2) is 18.2 Å². The van der Waals surface area contributed by atoms with E-state index in [2.05, 4.69) is 25.2 Å². The summed E-state index contributed by atoms with van der Waals surface area (Å²) in [6.07, 6.45) is 3.76. The van der Waals surface area contributed by atoms with E-state index in [0.29, 0.717) is 44.3 Å². The van der Waals surface area contributed by atoms with Crippen LogP contribution >= 0.6 is 0 Å². The van der Waals surface area contributed by atoms with E-state index < -0.39 is 12.1 Å². The molecule has 1 fully saturated rings. The van der Waals surface area contributed by atoms with Crippen molar-refractivity contribution in [1.82, 2.24) is 5.32 Å². The fourth-order valence-corrected chi connectivity index (χ4v) is 5.03. The molecule has 1 aliphatic rings. The van der Waals surface area contributed by atoms with Gasteiger partial charge in [-0.2, -0.15) is 0 Å². The fraction of sp³-hybridized carbons (Fsp3) is 0.767. The van der Waals surface area contributed by atoms with Crippen molar-refractivity contribution in [3.63, 3.8) is 0 Å². The summed E-state index contributed by atoms with van der Waals surface area (Å²) in [4.78, 5) is 13.0. The van der Waals surface area contributed by atoms with E-state index in [4.69, 9.17) is 24.7 Å². The number of nitrogens with one attached hydrogen (secondary N) is 1. The molecule has 218 valence electrons. The second kappa shape index (κ2) is 17.0. The summed E-state index contributed by atoms with van der Waals surface area (Å²) in [5.74, 6) is 1.86. The third-order valence-electron chi connectivity index (χ3n) is 7.63. The van der Waals surface area contributed by atoms with Crippen LogP contribution in [0, 0.1) is 23.7 Å². The number of aliphatic hydroxyl groups excluding tert-OH is 1. The van der Waals surface area contributed by atoms with Crippen LogP contribution in [0.5, 0.6) is 11.5 Å². The van der Waals surface area contributed by atoms with Gasteiger partial charge in [0, 0.05) is 38.7 Å². The molecule has 0 radical (unpaired) electrons. The lowest BCUT2D eigenvalue weighted by molar-refractivity contribution is -0.129. The lowest BCUT2D eigenvalue weighted by atomic mass is 9.80. The van der Waals surface area contributed by atoms with Crippen LogP contribution in [-0.2, 0) is 20.7 Å². The Balaban J connectivity index is 2.00. The minimum Gasteiger partial charge on any atom is -0.493 e. The van der Waals surface area contributed by atoms with Crippen molar-refractivity contribution in [2.24, 2.45) is 29.4 Å². The zero-order valence-electron chi connectivity index (χ0n) is 24.4. The van der Waals surface area contributed by atoms with Crippen molar-refractivity contribution >= 4 is 5.91 Å². The number of hydrogen-bond acceptors (Lipinski definition) is 7. The Labute approximate surface area is 229 Å². The third-order valence-corrected chi connectivity index (χ3v) is 7.63. The summed E-state index contributed by atoms with van der Waals surface area (Å²) in [6.45, 7) is 10.9. The molecule has 1 aromatic carbocycles. The van der Waals surface area contributed by atoms with E-state index in [0.717, 1.165) is 43.6 Å². The number of methoxy groups -OCH3 is 2. The lowest BCUT2D eigenvalue weighted by Crippen LogP contribution is -2.47. The average molecular weight is 537 g/mol. The smallest absolute Gasteiger partial charge is 0.223 e. The van der Waals surface area contributed by atoms with Gasteiger partial charge in [-0.1, -0.05) is 33.8 Å². The summed E-state index contributed by atoms with van der Waals surface area (Å²) in [6, 6.07) is 5.67. The average Bonchev–Trinajstić information content (AvgIpc) is 2.89. The molecule has 1 saturated heterocycles. The normalized spacial score (nSPS) is 19.2. The molecule has 0 aliphatic carbocycles. The Morgan fingerprint density at radius 1 is 1.13 bits per heavy atom. The first-order valence-electron chi connectivity index (χ1n) is 14.3. The van der Waals surface area contributed by atoms with Crippen molar-refractivity contribution in [2.45, 2.75) is 84.4 Å². The predicted octanol–water partition coefficient (Wildman–Crippen LogP) is 3.96. The van der Waals surface area contributed by atoms with Crippen LogP contribution in [0.1, 0.15) is 65.4 Å². The van der Waals surface area contributed by atoms with Crippen LogP contribution in [0.25, 0.3) is 0 Å². The number of carbonyl (C=O) groups excluding carboxylic acids is 1. The first-order chi connectivity index (χ1) is 18.2. The molecule has 0 spiro atoms. The molecule has 1 amide bonds. The van der Waals surface area contributed by atoms with Gasteiger partial charge in [0.05, 0.1) is 32.5 Å². The van der Waals surface area contributed by atoms with E-state index >= 15 is 0 Å². The standard InChI is InChI=1S/C30H52N2O6/c1-20(2)23(15-22-10-11-28(36-6)29(16-22)38-14-8-12-35-5)17-26(31)27(33)18-25(21(3)4)30(34)32-24-9-7-13-37-19-24/h10-11,16,20-21,23-27,33H,7-9,12-15,17-19,31H2,1-6H3,(H,32,34)/t23?,24-,25?,26?,27?/m0/s1. The van der Waals surface area contributed by atoms with E-state index in [1.165, 1.54) is 0 Å².